The van der Waals surface area contributed by atoms with E-state index >= 15 is 0 Å². The molecule has 0 bridgehead atoms. The van der Waals surface area contributed by atoms with Crippen LogP contribution >= 0.6 is 0 Å². The first-order valence-corrected chi connectivity index (χ1v) is 6.28. The van der Waals surface area contributed by atoms with Crippen LogP contribution in [0.15, 0.2) is 11.8 Å². The van der Waals surface area contributed by atoms with Crippen LogP contribution < -0.4 is 0 Å². The molecule has 0 amide bonds. The van der Waals surface area contributed by atoms with Gasteiger partial charge in [0.2, 0.25) is 0 Å². The van der Waals surface area contributed by atoms with E-state index in [0.29, 0.717) is 6.79 Å². The van der Waals surface area contributed by atoms with Crippen molar-refractivity contribution in [3.05, 3.63) is 11.8 Å². The molecule has 0 fully saturated rings. The SMILES string of the molecule is CCCCCCCCC1=CC(C)OCO1. The van der Waals surface area contributed by atoms with E-state index in [1.165, 1.54) is 38.5 Å². The molecule has 1 rings (SSSR count). The van der Waals surface area contributed by atoms with Gasteiger partial charge in [-0.15, -0.1) is 0 Å². The van der Waals surface area contributed by atoms with Crippen molar-refractivity contribution >= 4 is 0 Å². The average molecular weight is 212 g/mol. The van der Waals surface area contributed by atoms with Gasteiger partial charge in [0.25, 0.3) is 0 Å². The first kappa shape index (κ1) is 12.6. The minimum absolute atomic E-state index is 0.230. The quantitative estimate of drug-likeness (QED) is 0.593. The highest BCUT2D eigenvalue weighted by Gasteiger charge is 2.09. The molecule has 0 aromatic carbocycles. The van der Waals surface area contributed by atoms with Crippen molar-refractivity contribution in [3.8, 4) is 0 Å². The highest BCUT2D eigenvalue weighted by atomic mass is 16.7. The molecule has 1 aliphatic heterocycles. The second-order valence-electron chi connectivity index (χ2n) is 4.28. The third-order valence-electron chi connectivity index (χ3n) is 2.77. The molecular weight excluding hydrogens is 188 g/mol. The third-order valence-corrected chi connectivity index (χ3v) is 2.77. The predicted octanol–water partition coefficient (Wildman–Crippen LogP) is 4.01. The Hall–Kier alpha value is -0.500. The fourth-order valence-electron chi connectivity index (χ4n) is 1.81. The molecule has 1 aliphatic rings. The largest absolute Gasteiger partial charge is 0.472 e. The number of rotatable bonds is 7. The van der Waals surface area contributed by atoms with Crippen molar-refractivity contribution in [1.29, 1.82) is 0 Å². The zero-order valence-electron chi connectivity index (χ0n) is 10.1. The molecule has 1 unspecified atom stereocenters. The maximum Gasteiger partial charge on any atom is 0.189 e. The number of unbranched alkanes of at least 4 members (excludes halogenated alkanes) is 5. The van der Waals surface area contributed by atoms with Crippen molar-refractivity contribution in [3.63, 3.8) is 0 Å². The summed E-state index contributed by atoms with van der Waals surface area (Å²) >= 11 is 0. The van der Waals surface area contributed by atoms with Gasteiger partial charge in [-0.2, -0.15) is 0 Å². The van der Waals surface area contributed by atoms with Crippen LogP contribution in [-0.4, -0.2) is 12.9 Å². The van der Waals surface area contributed by atoms with Crippen molar-refractivity contribution in [2.75, 3.05) is 6.79 Å². The Morgan fingerprint density at radius 3 is 2.67 bits per heavy atom. The molecule has 0 radical (unpaired) electrons. The summed E-state index contributed by atoms with van der Waals surface area (Å²) in [5, 5.41) is 0. The molecule has 0 saturated heterocycles. The molecule has 2 heteroatoms. The van der Waals surface area contributed by atoms with E-state index in [-0.39, 0.29) is 6.10 Å². The van der Waals surface area contributed by atoms with E-state index < -0.39 is 0 Å². The molecular formula is C13H24O2. The molecule has 0 aromatic rings. The molecule has 15 heavy (non-hydrogen) atoms. The summed E-state index contributed by atoms with van der Waals surface area (Å²) in [6, 6.07) is 0. The molecule has 2 nitrogen and oxygen atoms in total. The maximum absolute atomic E-state index is 5.41. The summed E-state index contributed by atoms with van der Waals surface area (Å²) in [7, 11) is 0. The van der Waals surface area contributed by atoms with Gasteiger partial charge in [0.15, 0.2) is 6.79 Å². The van der Waals surface area contributed by atoms with Crippen LogP contribution in [0.2, 0.25) is 0 Å². The first-order valence-electron chi connectivity index (χ1n) is 6.28. The lowest BCUT2D eigenvalue weighted by Gasteiger charge is -2.19. The second kappa shape index (κ2) is 7.75. The number of hydrogen-bond donors (Lipinski definition) is 0. The van der Waals surface area contributed by atoms with Crippen LogP contribution in [0, 0.1) is 0 Å². The van der Waals surface area contributed by atoms with Crippen LogP contribution in [0.25, 0.3) is 0 Å². The lowest BCUT2D eigenvalue weighted by molar-refractivity contribution is -0.0663. The Labute approximate surface area is 93.7 Å². The summed E-state index contributed by atoms with van der Waals surface area (Å²) in [6.45, 7) is 4.74. The number of ether oxygens (including phenoxy) is 2. The first-order chi connectivity index (χ1) is 7.33. The second-order valence-corrected chi connectivity index (χ2v) is 4.28. The lowest BCUT2D eigenvalue weighted by Crippen LogP contribution is -2.15. The Morgan fingerprint density at radius 1 is 1.20 bits per heavy atom. The van der Waals surface area contributed by atoms with Gasteiger partial charge in [-0.3, -0.25) is 0 Å². The minimum atomic E-state index is 0.230. The predicted molar refractivity (Wildman–Crippen MR) is 62.6 cm³/mol. The van der Waals surface area contributed by atoms with Crippen LogP contribution in [0.3, 0.4) is 0 Å². The van der Waals surface area contributed by atoms with Gasteiger partial charge < -0.3 is 9.47 Å². The highest BCUT2D eigenvalue weighted by Crippen LogP contribution is 2.17. The van der Waals surface area contributed by atoms with Gasteiger partial charge in [0, 0.05) is 6.42 Å². The van der Waals surface area contributed by atoms with Gasteiger partial charge in [0.05, 0.1) is 11.9 Å². The molecule has 1 heterocycles. The zero-order valence-corrected chi connectivity index (χ0v) is 10.1. The Kier molecular flexibility index (Phi) is 6.49. The van der Waals surface area contributed by atoms with Crippen molar-refractivity contribution in [2.45, 2.75) is 64.9 Å². The summed E-state index contributed by atoms with van der Waals surface area (Å²) in [4.78, 5) is 0. The van der Waals surface area contributed by atoms with Gasteiger partial charge >= 0.3 is 0 Å². The van der Waals surface area contributed by atoms with Crippen molar-refractivity contribution < 1.29 is 9.47 Å². The van der Waals surface area contributed by atoms with Crippen LogP contribution in [0.4, 0.5) is 0 Å². The van der Waals surface area contributed by atoms with Gasteiger partial charge in [-0.25, -0.2) is 0 Å². The van der Waals surface area contributed by atoms with Gasteiger partial charge in [0.1, 0.15) is 0 Å². The summed E-state index contributed by atoms with van der Waals surface area (Å²) in [6.07, 6.45) is 11.4. The minimum Gasteiger partial charge on any atom is -0.472 e. The summed E-state index contributed by atoms with van der Waals surface area (Å²) in [5.74, 6) is 1.13. The van der Waals surface area contributed by atoms with E-state index in [1.807, 2.05) is 0 Å². The van der Waals surface area contributed by atoms with Crippen LogP contribution in [0.1, 0.15) is 58.8 Å². The van der Waals surface area contributed by atoms with Gasteiger partial charge in [-0.1, -0.05) is 39.0 Å². The van der Waals surface area contributed by atoms with Crippen LogP contribution in [0.5, 0.6) is 0 Å². The Balaban J connectivity index is 1.99. The third kappa shape index (κ3) is 5.83. The average Bonchev–Trinajstić information content (AvgIpc) is 2.23. The standard InChI is InChI=1S/C13H24O2/c1-3-4-5-6-7-8-9-13-10-12(2)14-11-15-13/h10,12H,3-9,11H2,1-2H3. The van der Waals surface area contributed by atoms with E-state index in [9.17, 15) is 0 Å². The van der Waals surface area contributed by atoms with Crippen LogP contribution in [-0.2, 0) is 9.47 Å². The number of hydrogen-bond acceptors (Lipinski definition) is 2. The Bertz CT molecular complexity index is 187. The van der Waals surface area contributed by atoms with E-state index in [2.05, 4.69) is 19.9 Å². The number of allylic oxidation sites excluding steroid dienone is 1. The normalized spacial score (nSPS) is 20.9. The topological polar surface area (TPSA) is 18.5 Å². The summed E-state index contributed by atoms with van der Waals surface area (Å²) < 4.78 is 10.7. The van der Waals surface area contributed by atoms with Crippen molar-refractivity contribution in [1.82, 2.24) is 0 Å². The molecule has 0 aliphatic carbocycles. The monoisotopic (exact) mass is 212 g/mol. The molecule has 1 atom stereocenters. The smallest absolute Gasteiger partial charge is 0.189 e. The lowest BCUT2D eigenvalue weighted by atomic mass is 10.1. The van der Waals surface area contributed by atoms with E-state index in [4.69, 9.17) is 9.47 Å². The molecule has 88 valence electrons. The summed E-state index contributed by atoms with van der Waals surface area (Å²) in [5.41, 5.74) is 0. The zero-order chi connectivity index (χ0) is 10.9. The van der Waals surface area contributed by atoms with Crippen molar-refractivity contribution in [2.24, 2.45) is 0 Å². The fraction of sp³-hybridized carbons (Fsp3) is 0.846. The van der Waals surface area contributed by atoms with E-state index in [1.54, 1.807) is 0 Å². The fourth-order valence-corrected chi connectivity index (χ4v) is 1.81. The van der Waals surface area contributed by atoms with E-state index in [0.717, 1.165) is 12.2 Å². The molecule has 0 spiro atoms. The molecule has 0 aromatic heterocycles. The molecule has 0 saturated carbocycles. The maximum atomic E-state index is 5.41. The Morgan fingerprint density at radius 2 is 1.93 bits per heavy atom. The highest BCUT2D eigenvalue weighted by molar-refractivity contribution is 4.98. The molecule has 0 N–H and O–H groups in total. The van der Waals surface area contributed by atoms with Gasteiger partial charge in [-0.05, 0) is 19.4 Å².